The first-order valence-corrected chi connectivity index (χ1v) is 12.0. The van der Waals surface area contributed by atoms with Crippen LogP contribution < -0.4 is 10.6 Å². The molecule has 1 aromatic carbocycles. The minimum absolute atomic E-state index is 0.0745. The second-order valence-electron chi connectivity index (χ2n) is 9.19. The Morgan fingerprint density at radius 3 is 2.82 bits per heavy atom. The molecule has 7 nitrogen and oxygen atoms in total. The van der Waals surface area contributed by atoms with Crippen LogP contribution in [0, 0.1) is 5.92 Å². The average molecular weight is 458 g/mol. The van der Waals surface area contributed by atoms with Gasteiger partial charge in [0, 0.05) is 30.6 Å². The lowest BCUT2D eigenvalue weighted by Crippen LogP contribution is -2.39. The van der Waals surface area contributed by atoms with E-state index in [1.54, 1.807) is 6.20 Å². The number of carbonyl (C=O) groups is 1. The lowest BCUT2D eigenvalue weighted by atomic mass is 9.78. The maximum atomic E-state index is 12.4. The van der Waals surface area contributed by atoms with Crippen molar-refractivity contribution < 1.29 is 9.90 Å². The maximum Gasteiger partial charge on any atom is 0.315 e. The molecule has 0 saturated carbocycles. The molecule has 176 valence electrons. The van der Waals surface area contributed by atoms with Gasteiger partial charge in [-0.25, -0.2) is 9.48 Å². The Hall–Kier alpha value is -3.45. The first-order valence-electron chi connectivity index (χ1n) is 12.0. The van der Waals surface area contributed by atoms with E-state index in [1.165, 1.54) is 22.4 Å². The Morgan fingerprint density at radius 2 is 2.06 bits per heavy atom. The molecule has 2 aliphatic carbocycles. The van der Waals surface area contributed by atoms with Gasteiger partial charge >= 0.3 is 6.03 Å². The topological polar surface area (TPSA) is 92.1 Å². The van der Waals surface area contributed by atoms with E-state index in [0.717, 1.165) is 36.9 Å². The summed E-state index contributed by atoms with van der Waals surface area (Å²) in [6, 6.07) is 13.8. The van der Waals surface area contributed by atoms with Crippen LogP contribution in [0.15, 0.2) is 72.2 Å². The van der Waals surface area contributed by atoms with Crippen LogP contribution in [0.2, 0.25) is 0 Å². The number of benzene rings is 1. The summed E-state index contributed by atoms with van der Waals surface area (Å²) >= 11 is 0. The molecule has 5 rings (SSSR count). The second-order valence-corrected chi connectivity index (χ2v) is 9.19. The number of amides is 2. The van der Waals surface area contributed by atoms with Gasteiger partial charge in [-0.3, -0.25) is 4.98 Å². The molecule has 0 saturated heterocycles. The van der Waals surface area contributed by atoms with Crippen molar-refractivity contribution in [3.05, 3.63) is 89.0 Å². The zero-order valence-corrected chi connectivity index (χ0v) is 19.4. The smallest absolute Gasteiger partial charge is 0.315 e. The van der Waals surface area contributed by atoms with Gasteiger partial charge in [-0.15, -0.1) is 0 Å². The molecule has 2 heterocycles. The highest BCUT2D eigenvalue weighted by atomic mass is 16.3. The van der Waals surface area contributed by atoms with Crippen LogP contribution in [0.4, 0.5) is 4.79 Å². The van der Waals surface area contributed by atoms with Gasteiger partial charge in [0.05, 0.1) is 36.4 Å². The Labute approximate surface area is 199 Å². The highest BCUT2D eigenvalue weighted by molar-refractivity contribution is 5.74. The van der Waals surface area contributed by atoms with Gasteiger partial charge in [-0.2, -0.15) is 5.10 Å². The van der Waals surface area contributed by atoms with Gasteiger partial charge in [0.25, 0.3) is 0 Å². The number of nitrogens with one attached hydrogen (secondary N) is 2. The van der Waals surface area contributed by atoms with E-state index in [1.807, 2.05) is 47.4 Å². The average Bonchev–Trinajstić information content (AvgIpc) is 3.48. The third-order valence-electron chi connectivity index (χ3n) is 7.17. The maximum absolute atomic E-state index is 12.4. The fourth-order valence-electron chi connectivity index (χ4n) is 5.66. The van der Waals surface area contributed by atoms with Crippen molar-refractivity contribution in [3.8, 4) is 5.69 Å². The summed E-state index contributed by atoms with van der Waals surface area (Å²) in [5.41, 5.74) is 7.70. The number of fused-ring (bicyclic) bond motifs is 1. The number of hydrogen-bond donors (Lipinski definition) is 3. The number of aliphatic hydroxyl groups excluding tert-OH is 1. The number of aromatic nitrogens is 3. The minimum atomic E-state index is -0.244. The number of hydrogen-bond acceptors (Lipinski definition) is 4. The predicted octanol–water partition coefficient (Wildman–Crippen LogP) is 4.06. The summed E-state index contributed by atoms with van der Waals surface area (Å²) in [5.74, 6) is 0.708. The van der Waals surface area contributed by atoms with E-state index in [-0.39, 0.29) is 25.2 Å². The number of urea groups is 1. The van der Waals surface area contributed by atoms with E-state index in [9.17, 15) is 4.79 Å². The van der Waals surface area contributed by atoms with Crippen molar-refractivity contribution in [2.45, 2.75) is 44.6 Å². The molecular formula is C27H31N5O2. The van der Waals surface area contributed by atoms with Crippen molar-refractivity contribution in [1.29, 1.82) is 0 Å². The Morgan fingerprint density at radius 1 is 1.21 bits per heavy atom. The lowest BCUT2D eigenvalue weighted by molar-refractivity contribution is 0.228. The van der Waals surface area contributed by atoms with Crippen LogP contribution in [-0.2, 0) is 6.42 Å². The van der Waals surface area contributed by atoms with Crippen molar-refractivity contribution in [3.63, 3.8) is 0 Å². The molecule has 0 radical (unpaired) electrons. The number of carbonyl (C=O) groups excluding carboxylic acids is 1. The summed E-state index contributed by atoms with van der Waals surface area (Å²) in [7, 11) is 0. The van der Waals surface area contributed by atoms with E-state index in [4.69, 9.17) is 10.2 Å². The highest BCUT2D eigenvalue weighted by Gasteiger charge is 2.37. The molecule has 3 N–H and O–H groups in total. The van der Waals surface area contributed by atoms with Gasteiger partial charge in [0.15, 0.2) is 0 Å². The lowest BCUT2D eigenvalue weighted by Gasteiger charge is -2.29. The van der Waals surface area contributed by atoms with Crippen molar-refractivity contribution in [1.82, 2.24) is 25.4 Å². The van der Waals surface area contributed by atoms with Gasteiger partial charge in [-0.1, -0.05) is 48.4 Å². The third kappa shape index (κ3) is 4.35. The molecule has 0 fully saturated rings. The number of allylic oxidation sites excluding steroid dienone is 2. The number of rotatable bonds is 7. The van der Waals surface area contributed by atoms with E-state index >= 15 is 0 Å². The molecule has 3 aromatic rings. The van der Waals surface area contributed by atoms with E-state index in [2.05, 4.69) is 34.7 Å². The second kappa shape index (κ2) is 9.81. The van der Waals surface area contributed by atoms with Crippen molar-refractivity contribution in [2.24, 2.45) is 5.92 Å². The number of nitrogens with zero attached hydrogens (tertiary/aromatic N) is 3. The normalized spacial score (nSPS) is 19.9. The summed E-state index contributed by atoms with van der Waals surface area (Å²) in [5, 5.41) is 19.6. The fourth-order valence-corrected chi connectivity index (χ4v) is 5.66. The molecular weight excluding hydrogens is 426 g/mol. The molecule has 7 heteroatoms. The monoisotopic (exact) mass is 457 g/mol. The van der Waals surface area contributed by atoms with Gasteiger partial charge in [-0.05, 0) is 42.9 Å². The molecule has 0 aliphatic heterocycles. The molecule has 0 bridgehead atoms. The SMILES string of the molecule is C[C@@H]1C2=C(CC[C@@H]2CC(NC(=O)NCCO)c2ccccc2)Cc2c1cnn2-c1cccnc1. The van der Waals surface area contributed by atoms with E-state index < -0.39 is 0 Å². The molecule has 34 heavy (non-hydrogen) atoms. The van der Waals surface area contributed by atoms with Crippen LogP contribution in [0.25, 0.3) is 5.69 Å². The standard InChI is InChI=1S/C27H31N5O2/c1-18-23-17-30-32(22-8-5-11-28-16-22)25(23)15-21-10-9-20(26(18)21)14-24(19-6-3-2-4-7-19)31-27(34)29-12-13-33/h2-8,11,16-18,20,24,33H,9-10,12-15H2,1H3,(H2,29,31,34)/t18-,20+,24?/m0/s1. The van der Waals surface area contributed by atoms with Crippen LogP contribution in [0.5, 0.6) is 0 Å². The Bertz CT molecular complexity index is 1170. The molecule has 0 spiro atoms. The van der Waals surface area contributed by atoms with Gasteiger partial charge in [0.2, 0.25) is 0 Å². The Kier molecular flexibility index (Phi) is 6.45. The zero-order chi connectivity index (χ0) is 23.5. The molecule has 2 aliphatic rings. The van der Waals surface area contributed by atoms with Gasteiger partial charge < -0.3 is 15.7 Å². The predicted molar refractivity (Wildman–Crippen MR) is 131 cm³/mol. The van der Waals surface area contributed by atoms with Crippen molar-refractivity contribution >= 4 is 6.03 Å². The van der Waals surface area contributed by atoms with Crippen molar-refractivity contribution in [2.75, 3.05) is 13.2 Å². The molecule has 2 aromatic heterocycles. The third-order valence-corrected chi connectivity index (χ3v) is 7.17. The summed E-state index contributed by atoms with van der Waals surface area (Å²) in [4.78, 5) is 16.7. The van der Waals surface area contributed by atoms with Crippen LogP contribution in [-0.4, -0.2) is 39.1 Å². The minimum Gasteiger partial charge on any atom is -0.395 e. The quantitative estimate of drug-likeness (QED) is 0.467. The van der Waals surface area contributed by atoms with Crippen LogP contribution >= 0.6 is 0 Å². The number of pyridine rings is 1. The number of aliphatic hydroxyl groups is 1. The molecule has 3 atom stereocenters. The first-order chi connectivity index (χ1) is 16.7. The Balaban J connectivity index is 1.39. The molecule has 2 amide bonds. The van der Waals surface area contributed by atoms with Crippen LogP contribution in [0.1, 0.15) is 55.0 Å². The zero-order valence-electron chi connectivity index (χ0n) is 19.4. The summed E-state index contributed by atoms with van der Waals surface area (Å²) in [6.07, 6.45) is 9.61. The molecule has 1 unspecified atom stereocenters. The fraction of sp³-hybridized carbons (Fsp3) is 0.370. The van der Waals surface area contributed by atoms with Crippen LogP contribution in [0.3, 0.4) is 0 Å². The highest BCUT2D eigenvalue weighted by Crippen LogP contribution is 2.49. The summed E-state index contributed by atoms with van der Waals surface area (Å²) < 4.78 is 2.04. The summed E-state index contributed by atoms with van der Waals surface area (Å²) in [6.45, 7) is 2.46. The van der Waals surface area contributed by atoms with Gasteiger partial charge in [0.1, 0.15) is 0 Å². The first kappa shape index (κ1) is 22.3. The largest absolute Gasteiger partial charge is 0.395 e. The van der Waals surface area contributed by atoms with E-state index in [0.29, 0.717) is 11.8 Å².